The van der Waals surface area contributed by atoms with Gasteiger partial charge in [-0.2, -0.15) is 0 Å². The quantitative estimate of drug-likeness (QED) is 0.784. The molecule has 1 heterocycles. The normalized spacial score (nSPS) is 15.9. The van der Waals surface area contributed by atoms with Crippen LogP contribution in [0.3, 0.4) is 0 Å². The van der Waals surface area contributed by atoms with Crippen molar-refractivity contribution in [2.45, 2.75) is 45.8 Å². The lowest BCUT2D eigenvalue weighted by molar-refractivity contribution is -0.155. The molecular weight excluding hydrogens is 238 g/mol. The number of esters is 1. The number of ether oxygens (including phenoxy) is 1. The molecule has 3 nitrogen and oxygen atoms in total. The summed E-state index contributed by atoms with van der Waals surface area (Å²) in [6, 6.07) is 8.54. The van der Waals surface area contributed by atoms with Gasteiger partial charge in [-0.3, -0.25) is 9.69 Å². The summed E-state index contributed by atoms with van der Waals surface area (Å²) in [6.45, 7) is 8.47. The highest BCUT2D eigenvalue weighted by molar-refractivity contribution is 5.70. The molecule has 1 aromatic carbocycles. The topological polar surface area (TPSA) is 29.5 Å². The second-order valence-electron chi connectivity index (χ2n) is 6.13. The molecule has 1 aliphatic heterocycles. The van der Waals surface area contributed by atoms with Gasteiger partial charge in [0.1, 0.15) is 5.60 Å². The van der Waals surface area contributed by atoms with Gasteiger partial charge in [0.2, 0.25) is 0 Å². The van der Waals surface area contributed by atoms with Gasteiger partial charge in [0.25, 0.3) is 0 Å². The SMILES string of the molecule is CC(C)(C)OC(=O)CCN1CCc2ccccc2C1. The first-order chi connectivity index (χ1) is 8.94. The Labute approximate surface area is 115 Å². The number of carbonyl (C=O) groups is 1. The van der Waals surface area contributed by atoms with E-state index in [1.54, 1.807) is 0 Å². The lowest BCUT2D eigenvalue weighted by Gasteiger charge is -2.28. The molecule has 0 fully saturated rings. The maximum Gasteiger partial charge on any atom is 0.307 e. The van der Waals surface area contributed by atoms with Crippen molar-refractivity contribution in [3.8, 4) is 0 Å². The summed E-state index contributed by atoms with van der Waals surface area (Å²) >= 11 is 0. The molecule has 0 radical (unpaired) electrons. The van der Waals surface area contributed by atoms with Crippen LogP contribution in [0.1, 0.15) is 38.3 Å². The molecule has 3 heteroatoms. The van der Waals surface area contributed by atoms with Crippen LogP contribution in [0, 0.1) is 0 Å². The van der Waals surface area contributed by atoms with E-state index in [0.717, 1.165) is 26.1 Å². The monoisotopic (exact) mass is 261 g/mol. The van der Waals surface area contributed by atoms with Crippen molar-refractivity contribution in [2.75, 3.05) is 13.1 Å². The van der Waals surface area contributed by atoms with Crippen LogP contribution >= 0.6 is 0 Å². The summed E-state index contributed by atoms with van der Waals surface area (Å²) in [7, 11) is 0. The molecule has 0 aromatic heterocycles. The van der Waals surface area contributed by atoms with Crippen molar-refractivity contribution in [1.29, 1.82) is 0 Å². The van der Waals surface area contributed by atoms with Gasteiger partial charge in [0.15, 0.2) is 0 Å². The molecule has 2 rings (SSSR count). The zero-order valence-corrected chi connectivity index (χ0v) is 12.1. The predicted octanol–water partition coefficient (Wildman–Crippen LogP) is 2.78. The van der Waals surface area contributed by atoms with Crippen LogP contribution in [0.25, 0.3) is 0 Å². The molecule has 0 aliphatic carbocycles. The zero-order valence-electron chi connectivity index (χ0n) is 12.1. The molecule has 0 amide bonds. The Balaban J connectivity index is 1.81. The van der Waals surface area contributed by atoms with Crippen LogP contribution < -0.4 is 0 Å². The van der Waals surface area contributed by atoms with Gasteiger partial charge in [-0.15, -0.1) is 0 Å². The van der Waals surface area contributed by atoms with Gasteiger partial charge in [-0.1, -0.05) is 24.3 Å². The van der Waals surface area contributed by atoms with Crippen molar-refractivity contribution >= 4 is 5.97 Å². The number of nitrogens with zero attached hydrogens (tertiary/aromatic N) is 1. The van der Waals surface area contributed by atoms with E-state index in [-0.39, 0.29) is 11.6 Å². The second kappa shape index (κ2) is 5.74. The van der Waals surface area contributed by atoms with Crippen LogP contribution in [-0.4, -0.2) is 29.6 Å². The Kier molecular flexibility index (Phi) is 4.25. The number of fused-ring (bicyclic) bond motifs is 1. The summed E-state index contributed by atoms with van der Waals surface area (Å²) in [6.07, 6.45) is 1.55. The molecule has 0 bridgehead atoms. The fourth-order valence-electron chi connectivity index (χ4n) is 2.39. The van der Waals surface area contributed by atoms with Crippen molar-refractivity contribution < 1.29 is 9.53 Å². The molecule has 0 N–H and O–H groups in total. The third-order valence-corrected chi connectivity index (χ3v) is 3.26. The van der Waals surface area contributed by atoms with Gasteiger partial charge < -0.3 is 4.74 Å². The first-order valence-corrected chi connectivity index (χ1v) is 6.95. The molecule has 0 spiro atoms. The summed E-state index contributed by atoms with van der Waals surface area (Å²) < 4.78 is 5.33. The van der Waals surface area contributed by atoms with Gasteiger partial charge >= 0.3 is 5.97 Å². The number of hydrogen-bond acceptors (Lipinski definition) is 3. The number of benzene rings is 1. The Morgan fingerprint density at radius 2 is 1.95 bits per heavy atom. The largest absolute Gasteiger partial charge is 0.460 e. The van der Waals surface area contributed by atoms with E-state index in [1.165, 1.54) is 11.1 Å². The van der Waals surface area contributed by atoms with E-state index in [0.29, 0.717) is 6.42 Å². The minimum Gasteiger partial charge on any atom is -0.460 e. The van der Waals surface area contributed by atoms with Crippen molar-refractivity contribution in [3.63, 3.8) is 0 Å². The van der Waals surface area contributed by atoms with Gasteiger partial charge in [-0.05, 0) is 38.3 Å². The minimum absolute atomic E-state index is 0.105. The lowest BCUT2D eigenvalue weighted by Crippen LogP contribution is -2.33. The highest BCUT2D eigenvalue weighted by Crippen LogP contribution is 2.18. The number of rotatable bonds is 3. The first-order valence-electron chi connectivity index (χ1n) is 6.95. The van der Waals surface area contributed by atoms with Crippen molar-refractivity contribution in [2.24, 2.45) is 0 Å². The molecule has 1 aromatic rings. The van der Waals surface area contributed by atoms with E-state index in [9.17, 15) is 4.79 Å². The standard InChI is InChI=1S/C16H23NO2/c1-16(2,3)19-15(18)9-11-17-10-8-13-6-4-5-7-14(13)12-17/h4-7H,8-12H2,1-3H3. The molecule has 0 saturated carbocycles. The second-order valence-corrected chi connectivity index (χ2v) is 6.13. The average molecular weight is 261 g/mol. The number of carbonyl (C=O) groups excluding carboxylic acids is 1. The molecule has 0 unspecified atom stereocenters. The molecule has 19 heavy (non-hydrogen) atoms. The molecule has 1 aliphatic rings. The third-order valence-electron chi connectivity index (χ3n) is 3.26. The van der Waals surface area contributed by atoms with Gasteiger partial charge in [-0.25, -0.2) is 0 Å². The zero-order chi connectivity index (χ0) is 13.9. The van der Waals surface area contributed by atoms with Crippen LogP contribution in [-0.2, 0) is 22.5 Å². The van der Waals surface area contributed by atoms with Crippen molar-refractivity contribution in [1.82, 2.24) is 4.90 Å². The Morgan fingerprint density at radius 1 is 1.26 bits per heavy atom. The van der Waals surface area contributed by atoms with E-state index >= 15 is 0 Å². The van der Waals surface area contributed by atoms with E-state index in [4.69, 9.17) is 4.74 Å². The van der Waals surface area contributed by atoms with Crippen LogP contribution in [0.4, 0.5) is 0 Å². The van der Waals surface area contributed by atoms with E-state index in [2.05, 4.69) is 29.2 Å². The highest BCUT2D eigenvalue weighted by Gasteiger charge is 2.19. The van der Waals surface area contributed by atoms with E-state index in [1.807, 2.05) is 20.8 Å². The third kappa shape index (κ3) is 4.35. The summed E-state index contributed by atoms with van der Waals surface area (Å²) in [4.78, 5) is 14.0. The molecule has 0 saturated heterocycles. The van der Waals surface area contributed by atoms with Crippen LogP contribution in [0.2, 0.25) is 0 Å². The lowest BCUT2D eigenvalue weighted by atomic mass is 10.00. The summed E-state index contributed by atoms with van der Waals surface area (Å²) in [5.41, 5.74) is 2.44. The average Bonchev–Trinajstić information content (AvgIpc) is 2.34. The van der Waals surface area contributed by atoms with E-state index < -0.39 is 0 Å². The maximum atomic E-state index is 11.7. The number of hydrogen-bond donors (Lipinski definition) is 0. The summed E-state index contributed by atoms with van der Waals surface area (Å²) in [5, 5.41) is 0. The molecule has 104 valence electrons. The molecular formula is C16H23NO2. The maximum absolute atomic E-state index is 11.7. The highest BCUT2D eigenvalue weighted by atomic mass is 16.6. The Morgan fingerprint density at radius 3 is 2.63 bits per heavy atom. The molecule has 0 atom stereocenters. The summed E-state index contributed by atoms with van der Waals surface area (Å²) in [5.74, 6) is -0.105. The Bertz CT molecular complexity index is 448. The minimum atomic E-state index is -0.383. The predicted molar refractivity (Wildman–Crippen MR) is 75.9 cm³/mol. The van der Waals surface area contributed by atoms with Gasteiger partial charge in [0, 0.05) is 19.6 Å². The van der Waals surface area contributed by atoms with Crippen LogP contribution in [0.5, 0.6) is 0 Å². The fourth-order valence-corrected chi connectivity index (χ4v) is 2.39. The first kappa shape index (κ1) is 14.1. The van der Waals surface area contributed by atoms with Crippen molar-refractivity contribution in [3.05, 3.63) is 35.4 Å². The van der Waals surface area contributed by atoms with Crippen LogP contribution in [0.15, 0.2) is 24.3 Å². The van der Waals surface area contributed by atoms with Gasteiger partial charge in [0.05, 0.1) is 6.42 Å². The fraction of sp³-hybridized carbons (Fsp3) is 0.562. The Hall–Kier alpha value is -1.35. The smallest absolute Gasteiger partial charge is 0.307 e.